The van der Waals surface area contributed by atoms with Crippen LogP contribution in [0.4, 0.5) is 10.1 Å². The Labute approximate surface area is 256 Å². The van der Waals surface area contributed by atoms with E-state index in [1.165, 1.54) is 24.3 Å². The number of imide groups is 2. The van der Waals surface area contributed by atoms with Crippen LogP contribution in [-0.2, 0) is 24.6 Å². The number of halogens is 2. The van der Waals surface area contributed by atoms with Gasteiger partial charge in [0.05, 0.1) is 28.9 Å². The van der Waals surface area contributed by atoms with Crippen molar-refractivity contribution < 1.29 is 33.9 Å². The highest BCUT2D eigenvalue weighted by atomic mass is 35.5. The third kappa shape index (κ3) is 3.80. The van der Waals surface area contributed by atoms with Crippen LogP contribution < -0.4 is 5.43 Å². The second kappa shape index (κ2) is 10.0. The van der Waals surface area contributed by atoms with Gasteiger partial charge >= 0.3 is 0 Å². The molecule has 7 rings (SSSR count). The molecule has 4 aliphatic rings. The number of phenolic OH excluding ortho intramolecular Hbond substituents is 1. The van der Waals surface area contributed by atoms with E-state index in [9.17, 15) is 33.9 Å². The number of amides is 4. The topological polar surface area (TPSA) is 127 Å². The van der Waals surface area contributed by atoms with Gasteiger partial charge in [-0.05, 0) is 73.2 Å². The van der Waals surface area contributed by atoms with Crippen molar-refractivity contribution >= 4 is 40.9 Å². The summed E-state index contributed by atoms with van der Waals surface area (Å²) in [6.45, 7) is 1.73. The number of anilines is 1. The second-order valence-electron chi connectivity index (χ2n) is 11.9. The highest BCUT2D eigenvalue weighted by Gasteiger charge is 2.70. The van der Waals surface area contributed by atoms with Gasteiger partial charge in [0.2, 0.25) is 0 Å². The van der Waals surface area contributed by atoms with Crippen LogP contribution in [0, 0.1) is 36.4 Å². The first kappa shape index (κ1) is 28.2. The molecule has 3 aromatic rings. The fourth-order valence-corrected chi connectivity index (χ4v) is 8.02. The van der Waals surface area contributed by atoms with Crippen molar-refractivity contribution in [3.05, 3.63) is 106 Å². The van der Waals surface area contributed by atoms with Crippen LogP contribution in [0.5, 0.6) is 5.75 Å². The van der Waals surface area contributed by atoms with Crippen LogP contribution >= 0.6 is 11.6 Å². The summed E-state index contributed by atoms with van der Waals surface area (Å²) in [6.07, 6.45) is 1.99. The quantitative estimate of drug-likeness (QED) is 0.217. The molecular weight excluding hydrogens is 589 g/mol. The van der Waals surface area contributed by atoms with E-state index >= 15 is 0 Å². The zero-order chi connectivity index (χ0) is 31.1. The molecule has 0 bridgehead atoms. The van der Waals surface area contributed by atoms with Crippen LogP contribution in [0.15, 0.2) is 78.4 Å². The number of hydrogen-bond donors (Lipinski definition) is 3. The third-order valence-electron chi connectivity index (χ3n) is 9.81. The number of aryl methyl sites for hydroxylation is 1. The number of carbonyl (C=O) groups excluding carboxylic acids is 4. The second-order valence-corrected chi connectivity index (χ2v) is 12.3. The Morgan fingerprint density at radius 1 is 0.932 bits per heavy atom. The molecule has 2 saturated heterocycles. The molecule has 44 heavy (non-hydrogen) atoms. The lowest BCUT2D eigenvalue weighted by Crippen LogP contribution is -2.53. The number of allylic oxidation sites excluding steroid dienone is 2. The van der Waals surface area contributed by atoms with E-state index in [0.717, 1.165) is 5.01 Å². The molecule has 3 fully saturated rings. The van der Waals surface area contributed by atoms with E-state index in [1.807, 2.05) is 6.08 Å². The average Bonchev–Trinajstić information content (AvgIpc) is 3.36. The van der Waals surface area contributed by atoms with Gasteiger partial charge in [0.1, 0.15) is 11.6 Å². The highest BCUT2D eigenvalue weighted by Crippen LogP contribution is 2.65. The number of nitrogens with one attached hydrogen (secondary N) is 1. The van der Waals surface area contributed by atoms with E-state index in [-0.39, 0.29) is 23.7 Å². The Kier molecular flexibility index (Phi) is 6.42. The van der Waals surface area contributed by atoms with Crippen molar-refractivity contribution in [1.29, 1.82) is 0 Å². The number of hydrazine groups is 1. The third-order valence-corrected chi connectivity index (χ3v) is 10.1. The first-order chi connectivity index (χ1) is 21.0. The van der Waals surface area contributed by atoms with Gasteiger partial charge in [-0.15, -0.1) is 0 Å². The number of para-hydroxylation sites is 1. The summed E-state index contributed by atoms with van der Waals surface area (Å²) in [5.74, 6) is -7.58. The summed E-state index contributed by atoms with van der Waals surface area (Å²) in [7, 11) is 0. The lowest BCUT2D eigenvalue weighted by atomic mass is 9.49. The minimum absolute atomic E-state index is 0.0255. The lowest BCUT2D eigenvalue weighted by molar-refractivity contribution is -0.173. The van der Waals surface area contributed by atoms with Gasteiger partial charge in [-0.25, -0.2) is 4.39 Å². The summed E-state index contributed by atoms with van der Waals surface area (Å²) in [5, 5.41) is 23.3. The minimum Gasteiger partial charge on any atom is -0.507 e. The van der Waals surface area contributed by atoms with Crippen molar-refractivity contribution in [3.8, 4) is 5.75 Å². The molecule has 224 valence electrons. The summed E-state index contributed by atoms with van der Waals surface area (Å²) in [4.78, 5) is 55.5. The average molecular weight is 616 g/mol. The number of rotatable bonds is 4. The van der Waals surface area contributed by atoms with E-state index in [4.69, 9.17) is 11.6 Å². The molecule has 3 N–H and O–H groups in total. The summed E-state index contributed by atoms with van der Waals surface area (Å²) < 4.78 is 13.7. The van der Waals surface area contributed by atoms with Gasteiger partial charge in [0, 0.05) is 16.5 Å². The Morgan fingerprint density at radius 3 is 2.34 bits per heavy atom. The van der Waals surface area contributed by atoms with Crippen LogP contribution in [0.1, 0.15) is 35.4 Å². The zero-order valence-corrected chi connectivity index (χ0v) is 24.2. The van der Waals surface area contributed by atoms with Gasteiger partial charge in [-0.2, -0.15) is 10.1 Å². The highest BCUT2D eigenvalue weighted by molar-refractivity contribution is 6.30. The number of nitrogens with zero attached hydrogens (tertiary/aromatic N) is 2. The first-order valence-corrected chi connectivity index (χ1v) is 14.6. The summed E-state index contributed by atoms with van der Waals surface area (Å²) in [6, 6.07) is 17.0. The molecule has 2 heterocycles. The first-order valence-electron chi connectivity index (χ1n) is 14.3. The van der Waals surface area contributed by atoms with Gasteiger partial charge in [0.15, 0.2) is 0 Å². The summed E-state index contributed by atoms with van der Waals surface area (Å²) in [5.41, 5.74) is 3.64. The van der Waals surface area contributed by atoms with Crippen LogP contribution in [0.25, 0.3) is 0 Å². The van der Waals surface area contributed by atoms with Crippen LogP contribution in [0.3, 0.4) is 0 Å². The number of benzene rings is 3. The van der Waals surface area contributed by atoms with Crippen molar-refractivity contribution in [3.63, 3.8) is 0 Å². The SMILES string of the molecule is Cc1cccc([C@H]2C3=CC[C@@H]4C(=O)N(O)C(=O)[C@@H]4[C@@H]3C[C@H]3C(=O)N(Nc4ccc(F)cc4)C(=O)[C@@]23c2ccc(Cl)cc2)c1O. The van der Waals surface area contributed by atoms with Gasteiger partial charge in [0.25, 0.3) is 23.6 Å². The molecule has 0 spiro atoms. The molecule has 2 aliphatic heterocycles. The normalized spacial score (nSPS) is 29.4. The van der Waals surface area contributed by atoms with E-state index in [0.29, 0.717) is 33.0 Å². The van der Waals surface area contributed by atoms with Crippen molar-refractivity contribution in [2.75, 3.05) is 5.43 Å². The predicted octanol–water partition coefficient (Wildman–Crippen LogP) is 4.87. The van der Waals surface area contributed by atoms with Crippen LogP contribution in [0.2, 0.25) is 5.02 Å². The molecule has 4 amide bonds. The van der Waals surface area contributed by atoms with E-state index < -0.39 is 64.5 Å². The summed E-state index contributed by atoms with van der Waals surface area (Å²) >= 11 is 6.27. The minimum atomic E-state index is -1.60. The number of hydroxylamine groups is 2. The largest absolute Gasteiger partial charge is 0.507 e. The molecule has 1 saturated carbocycles. The number of carbonyl (C=O) groups is 4. The van der Waals surface area contributed by atoms with Gasteiger partial charge < -0.3 is 5.11 Å². The van der Waals surface area contributed by atoms with Gasteiger partial charge in [-0.1, -0.05) is 53.6 Å². The van der Waals surface area contributed by atoms with Crippen LogP contribution in [-0.4, -0.2) is 44.0 Å². The van der Waals surface area contributed by atoms with Crippen molar-refractivity contribution in [2.45, 2.75) is 31.1 Å². The molecule has 6 atom stereocenters. The Balaban J connectivity index is 1.49. The molecule has 11 heteroatoms. The standard InChI is InChI=1S/C33H27ClFN3O6/c1-16-3-2-4-23(28(16)39)27-21-13-14-22-26(31(42)38(44)29(22)40)24(21)15-25-30(41)37(36-20-11-9-19(35)10-12-20)32(43)33(25,27)17-5-7-18(34)8-6-17/h2-13,22,24-27,36,39,44H,14-15H2,1H3/t22-,24+,25-,26-,27+,33+/m0/s1. The number of aromatic hydroxyl groups is 1. The molecule has 0 aromatic heterocycles. The maximum atomic E-state index is 14.9. The smallest absolute Gasteiger partial charge is 0.260 e. The molecule has 2 aliphatic carbocycles. The molecule has 3 aromatic carbocycles. The molecule has 0 radical (unpaired) electrons. The van der Waals surface area contributed by atoms with E-state index in [1.54, 1.807) is 49.4 Å². The van der Waals surface area contributed by atoms with Crippen molar-refractivity contribution in [1.82, 2.24) is 10.1 Å². The fraction of sp³-hybridized carbons (Fsp3) is 0.273. The lowest BCUT2D eigenvalue weighted by Gasteiger charge is -2.50. The Bertz CT molecular complexity index is 1780. The number of hydrogen-bond acceptors (Lipinski definition) is 7. The predicted molar refractivity (Wildman–Crippen MR) is 156 cm³/mol. The van der Waals surface area contributed by atoms with Gasteiger partial charge in [-0.3, -0.25) is 29.8 Å². The fourth-order valence-electron chi connectivity index (χ4n) is 7.90. The number of fused-ring (bicyclic) bond motifs is 4. The zero-order valence-electron chi connectivity index (χ0n) is 23.4. The Morgan fingerprint density at radius 2 is 1.64 bits per heavy atom. The Hall–Kier alpha value is -4.54. The maximum Gasteiger partial charge on any atom is 0.260 e. The molecule has 9 nitrogen and oxygen atoms in total. The number of phenols is 1. The van der Waals surface area contributed by atoms with E-state index in [2.05, 4.69) is 5.43 Å². The molecular formula is C33H27ClFN3O6. The van der Waals surface area contributed by atoms with Crippen molar-refractivity contribution in [2.24, 2.45) is 23.7 Å². The molecule has 0 unspecified atom stereocenters. The maximum absolute atomic E-state index is 14.9. The monoisotopic (exact) mass is 615 g/mol.